The highest BCUT2D eigenvalue weighted by atomic mass is 19.4. The molecule has 2 unspecified atom stereocenters. The van der Waals surface area contributed by atoms with Crippen molar-refractivity contribution in [2.75, 3.05) is 0 Å². The summed E-state index contributed by atoms with van der Waals surface area (Å²) >= 11 is 0. The number of hydrogen-bond donors (Lipinski definition) is 1. The van der Waals surface area contributed by atoms with Crippen LogP contribution in [-0.4, -0.2) is 21.8 Å². The predicted octanol–water partition coefficient (Wildman–Crippen LogP) is 3.71. The summed E-state index contributed by atoms with van der Waals surface area (Å²) < 4.78 is 44.8. The quantitative estimate of drug-likeness (QED) is 0.721. The first-order chi connectivity index (χ1) is 12.4. The summed E-state index contributed by atoms with van der Waals surface area (Å²) in [5.74, 6) is -0.114. The summed E-state index contributed by atoms with van der Waals surface area (Å²) in [5.41, 5.74) is 2.00. The molecule has 3 heterocycles. The van der Waals surface area contributed by atoms with Gasteiger partial charge in [-0.25, -0.2) is 4.98 Å². The van der Waals surface area contributed by atoms with Gasteiger partial charge in [0.1, 0.15) is 11.6 Å². The van der Waals surface area contributed by atoms with Crippen molar-refractivity contribution in [3.05, 3.63) is 59.4 Å². The Balaban J connectivity index is 1.78. The average molecular weight is 359 g/mol. The molecule has 2 aliphatic rings. The number of fused-ring (bicyclic) bond motifs is 9. The highest BCUT2D eigenvalue weighted by Crippen LogP contribution is 2.47. The van der Waals surface area contributed by atoms with E-state index in [2.05, 4.69) is 15.0 Å². The minimum absolute atomic E-state index is 0.197. The number of imidazole rings is 1. The van der Waals surface area contributed by atoms with E-state index in [1.807, 2.05) is 28.8 Å². The molecule has 5 nitrogen and oxygen atoms in total. The smallest absolute Gasteiger partial charge is 0.405 e. The summed E-state index contributed by atoms with van der Waals surface area (Å²) in [6.07, 6.45) is -4.40. The van der Waals surface area contributed by atoms with E-state index in [1.165, 1.54) is 18.2 Å². The second-order valence-electron chi connectivity index (χ2n) is 6.37. The maximum absolute atomic E-state index is 12.9. The fourth-order valence-corrected chi connectivity index (χ4v) is 3.98. The lowest BCUT2D eigenvalue weighted by Gasteiger charge is -2.21. The number of carbonyl (C=O) groups is 1. The van der Waals surface area contributed by atoms with Crippen molar-refractivity contribution in [1.82, 2.24) is 14.9 Å². The Morgan fingerprint density at radius 3 is 2.77 bits per heavy atom. The summed E-state index contributed by atoms with van der Waals surface area (Å²) in [6, 6.07) is 10.8. The van der Waals surface area contributed by atoms with Gasteiger partial charge in [0.2, 0.25) is 0 Å². The molecule has 3 aromatic rings. The second kappa shape index (κ2) is 5.00. The average Bonchev–Trinajstić information content (AvgIpc) is 3.06. The van der Waals surface area contributed by atoms with Gasteiger partial charge in [-0.05, 0) is 30.7 Å². The van der Waals surface area contributed by atoms with Crippen LogP contribution in [0.3, 0.4) is 0 Å². The van der Waals surface area contributed by atoms with Gasteiger partial charge in [0.05, 0.1) is 23.1 Å². The second-order valence-corrected chi connectivity index (χ2v) is 6.37. The van der Waals surface area contributed by atoms with Gasteiger partial charge in [-0.3, -0.25) is 4.79 Å². The van der Waals surface area contributed by atoms with Crippen LogP contribution in [0.4, 0.5) is 13.2 Å². The first-order valence-corrected chi connectivity index (χ1v) is 8.09. The summed E-state index contributed by atoms with van der Waals surface area (Å²) in [5, 5.41) is 2.87. The number of amides is 1. The number of para-hydroxylation sites is 2. The number of nitrogens with zero attached hydrogens (tertiary/aromatic N) is 2. The molecule has 8 heteroatoms. The number of aromatic nitrogens is 2. The van der Waals surface area contributed by atoms with Crippen LogP contribution in [0, 0.1) is 0 Å². The fraction of sp³-hybridized carbons (Fsp3) is 0.222. The first-order valence-electron chi connectivity index (χ1n) is 8.09. The molecule has 0 radical (unpaired) electrons. The van der Waals surface area contributed by atoms with Crippen LogP contribution in [0.15, 0.2) is 42.5 Å². The molecule has 0 spiro atoms. The number of halogens is 3. The number of rotatable bonds is 1. The van der Waals surface area contributed by atoms with Gasteiger partial charge in [-0.2, -0.15) is 0 Å². The van der Waals surface area contributed by atoms with Gasteiger partial charge >= 0.3 is 6.36 Å². The highest BCUT2D eigenvalue weighted by Gasteiger charge is 2.43. The molecular formula is C18H12F3N3O2. The Hall–Kier alpha value is -3.03. The molecular weight excluding hydrogens is 347 g/mol. The molecule has 2 bridgehead atoms. The number of carbonyl (C=O) groups excluding carboxylic acids is 1. The van der Waals surface area contributed by atoms with Gasteiger partial charge < -0.3 is 14.6 Å². The Kier molecular flexibility index (Phi) is 2.93. The summed E-state index contributed by atoms with van der Waals surface area (Å²) in [4.78, 5) is 17.1. The van der Waals surface area contributed by atoms with E-state index in [4.69, 9.17) is 0 Å². The fourth-order valence-electron chi connectivity index (χ4n) is 3.98. The zero-order valence-corrected chi connectivity index (χ0v) is 13.2. The predicted molar refractivity (Wildman–Crippen MR) is 85.8 cm³/mol. The van der Waals surface area contributed by atoms with Gasteiger partial charge in [0, 0.05) is 11.1 Å². The molecule has 0 fully saturated rings. The molecule has 132 valence electrons. The molecule has 1 N–H and O–H groups in total. The molecule has 2 aromatic carbocycles. The van der Waals surface area contributed by atoms with Crippen LogP contribution >= 0.6 is 0 Å². The Labute approximate surface area is 145 Å². The number of hydrogen-bond acceptors (Lipinski definition) is 3. The van der Waals surface area contributed by atoms with Crippen LogP contribution in [0.5, 0.6) is 5.75 Å². The number of alkyl halides is 3. The minimum Gasteiger partial charge on any atom is -0.405 e. The standard InChI is InChI=1S/C18H12F3N3O2/c19-18(20,21)26-14-7-3-4-9-15(14)13-8-11(23-17(9)25)16-22-10-5-1-2-6-12(10)24(13)16/h1-7,11,13H,8H2,(H,23,25). The zero-order chi connectivity index (χ0) is 18.1. The van der Waals surface area contributed by atoms with E-state index in [-0.39, 0.29) is 22.9 Å². The van der Waals surface area contributed by atoms with E-state index in [9.17, 15) is 18.0 Å². The largest absolute Gasteiger partial charge is 0.573 e. The third kappa shape index (κ3) is 2.11. The van der Waals surface area contributed by atoms with Crippen LogP contribution in [0.1, 0.15) is 40.3 Å². The molecule has 0 saturated carbocycles. The summed E-state index contributed by atoms with van der Waals surface area (Å²) in [6.45, 7) is 0. The van der Waals surface area contributed by atoms with E-state index in [1.54, 1.807) is 0 Å². The van der Waals surface area contributed by atoms with E-state index >= 15 is 0 Å². The molecule has 5 rings (SSSR count). The van der Waals surface area contributed by atoms with E-state index in [0.29, 0.717) is 12.2 Å². The van der Waals surface area contributed by atoms with E-state index < -0.39 is 18.3 Å². The Bertz CT molecular complexity index is 1060. The maximum atomic E-state index is 12.9. The third-order valence-corrected chi connectivity index (χ3v) is 4.88. The number of nitrogens with one attached hydrogen (secondary N) is 1. The monoisotopic (exact) mass is 359 g/mol. The normalized spacial score (nSPS) is 21.1. The molecule has 0 aliphatic carbocycles. The van der Waals surface area contributed by atoms with Crippen molar-refractivity contribution in [3.63, 3.8) is 0 Å². The van der Waals surface area contributed by atoms with Crippen molar-refractivity contribution >= 4 is 16.9 Å². The first kappa shape index (κ1) is 15.2. The van der Waals surface area contributed by atoms with Crippen LogP contribution in [-0.2, 0) is 0 Å². The van der Waals surface area contributed by atoms with Gasteiger partial charge in [0.15, 0.2) is 0 Å². The van der Waals surface area contributed by atoms with Crippen LogP contribution in [0.2, 0.25) is 0 Å². The zero-order valence-electron chi connectivity index (χ0n) is 13.2. The van der Waals surface area contributed by atoms with Gasteiger partial charge in [0.25, 0.3) is 5.91 Å². The SMILES string of the molecule is O=C1NC2CC(c3c(OC(F)(F)F)cccc31)n1c2nc2ccccc21. The Morgan fingerprint density at radius 2 is 1.96 bits per heavy atom. The molecule has 2 atom stereocenters. The minimum atomic E-state index is -4.84. The molecule has 1 aromatic heterocycles. The lowest BCUT2D eigenvalue weighted by molar-refractivity contribution is -0.275. The summed E-state index contributed by atoms with van der Waals surface area (Å²) in [7, 11) is 0. The van der Waals surface area contributed by atoms with Crippen LogP contribution < -0.4 is 10.1 Å². The lowest BCUT2D eigenvalue weighted by atomic mass is 9.97. The van der Waals surface area contributed by atoms with E-state index in [0.717, 1.165) is 11.0 Å². The molecule has 1 amide bonds. The molecule has 0 saturated heterocycles. The number of benzene rings is 2. The Morgan fingerprint density at radius 1 is 1.15 bits per heavy atom. The van der Waals surface area contributed by atoms with Crippen LogP contribution in [0.25, 0.3) is 11.0 Å². The van der Waals surface area contributed by atoms with Crippen molar-refractivity contribution in [2.45, 2.75) is 24.9 Å². The maximum Gasteiger partial charge on any atom is 0.573 e. The molecule has 26 heavy (non-hydrogen) atoms. The topological polar surface area (TPSA) is 56.1 Å². The highest BCUT2D eigenvalue weighted by molar-refractivity contribution is 5.98. The van der Waals surface area contributed by atoms with Crippen molar-refractivity contribution in [3.8, 4) is 5.75 Å². The lowest BCUT2D eigenvalue weighted by Crippen LogP contribution is -2.28. The number of ether oxygens (including phenoxy) is 1. The third-order valence-electron chi connectivity index (χ3n) is 4.88. The van der Waals surface area contributed by atoms with Gasteiger partial charge in [-0.1, -0.05) is 18.2 Å². The van der Waals surface area contributed by atoms with Crippen molar-refractivity contribution in [1.29, 1.82) is 0 Å². The molecule has 2 aliphatic heterocycles. The van der Waals surface area contributed by atoms with Crippen molar-refractivity contribution < 1.29 is 22.7 Å². The van der Waals surface area contributed by atoms with Gasteiger partial charge in [-0.15, -0.1) is 13.2 Å². The van der Waals surface area contributed by atoms with Crippen molar-refractivity contribution in [2.24, 2.45) is 0 Å².